The highest BCUT2D eigenvalue weighted by atomic mass is 35.5. The standard InChI is InChI=1S/C20H17Cl2N5O/c1-27-11-13(9-24-27)18(28)10-23-20-15-5-3-2-4-14(15)19(25-26-20)12-6-7-16(21)17(22)8-12/h2-9,11,18,28H,10H2,1H3,(H,23,26). The van der Waals surface area contributed by atoms with Gasteiger partial charge in [0.15, 0.2) is 5.82 Å². The summed E-state index contributed by atoms with van der Waals surface area (Å²) in [6.07, 6.45) is 2.72. The largest absolute Gasteiger partial charge is 0.386 e. The van der Waals surface area contributed by atoms with E-state index >= 15 is 0 Å². The predicted molar refractivity (Wildman–Crippen MR) is 112 cm³/mol. The van der Waals surface area contributed by atoms with Gasteiger partial charge < -0.3 is 10.4 Å². The van der Waals surface area contributed by atoms with E-state index in [1.54, 1.807) is 29.2 Å². The SMILES string of the molecule is Cn1cc(C(O)CNc2nnc(-c3ccc(Cl)c(Cl)c3)c3ccccc23)cn1. The maximum atomic E-state index is 10.4. The van der Waals surface area contributed by atoms with Crippen LogP contribution in [0.5, 0.6) is 0 Å². The summed E-state index contributed by atoms with van der Waals surface area (Å²) in [5.74, 6) is 0.599. The number of hydrogen-bond acceptors (Lipinski definition) is 5. The fourth-order valence-electron chi connectivity index (χ4n) is 3.01. The third-order valence-electron chi connectivity index (χ3n) is 4.45. The number of nitrogens with zero attached hydrogens (tertiary/aromatic N) is 4. The van der Waals surface area contributed by atoms with Crippen molar-refractivity contribution < 1.29 is 5.11 Å². The quantitative estimate of drug-likeness (QED) is 0.504. The van der Waals surface area contributed by atoms with Crippen LogP contribution in [0, 0.1) is 0 Å². The molecule has 0 saturated carbocycles. The van der Waals surface area contributed by atoms with Gasteiger partial charge in [-0.05, 0) is 12.1 Å². The molecule has 0 bridgehead atoms. The molecule has 0 fully saturated rings. The lowest BCUT2D eigenvalue weighted by molar-refractivity contribution is 0.191. The zero-order valence-electron chi connectivity index (χ0n) is 15.0. The van der Waals surface area contributed by atoms with Crippen molar-refractivity contribution in [3.8, 4) is 11.3 Å². The highest BCUT2D eigenvalue weighted by molar-refractivity contribution is 6.42. The van der Waals surface area contributed by atoms with Crippen LogP contribution in [-0.4, -0.2) is 31.6 Å². The zero-order valence-corrected chi connectivity index (χ0v) is 16.5. The van der Waals surface area contributed by atoms with Crippen LogP contribution in [0.3, 0.4) is 0 Å². The number of anilines is 1. The molecule has 0 spiro atoms. The van der Waals surface area contributed by atoms with Crippen molar-refractivity contribution in [1.29, 1.82) is 0 Å². The second-order valence-electron chi connectivity index (χ2n) is 6.42. The molecule has 2 heterocycles. The first-order valence-electron chi connectivity index (χ1n) is 8.64. The molecule has 6 nitrogen and oxygen atoms in total. The molecule has 28 heavy (non-hydrogen) atoms. The van der Waals surface area contributed by atoms with Crippen LogP contribution in [0.15, 0.2) is 54.9 Å². The molecule has 1 unspecified atom stereocenters. The minimum atomic E-state index is -0.705. The van der Waals surface area contributed by atoms with Crippen molar-refractivity contribution in [1.82, 2.24) is 20.0 Å². The Kier molecular flexibility index (Phi) is 5.17. The average Bonchev–Trinajstić information content (AvgIpc) is 3.14. The molecule has 2 aromatic carbocycles. The van der Waals surface area contributed by atoms with Crippen molar-refractivity contribution in [2.75, 3.05) is 11.9 Å². The number of benzene rings is 2. The van der Waals surface area contributed by atoms with Gasteiger partial charge in [-0.1, -0.05) is 53.5 Å². The molecule has 4 aromatic rings. The zero-order chi connectivity index (χ0) is 19.7. The van der Waals surface area contributed by atoms with Gasteiger partial charge in [0.25, 0.3) is 0 Å². The number of aliphatic hydroxyl groups excluding tert-OH is 1. The van der Waals surface area contributed by atoms with Crippen LogP contribution in [-0.2, 0) is 7.05 Å². The summed E-state index contributed by atoms with van der Waals surface area (Å²) in [5.41, 5.74) is 2.28. The lowest BCUT2D eigenvalue weighted by atomic mass is 10.0. The Morgan fingerprint density at radius 1 is 1.07 bits per heavy atom. The lowest BCUT2D eigenvalue weighted by Gasteiger charge is -2.14. The maximum Gasteiger partial charge on any atom is 0.156 e. The Balaban J connectivity index is 1.66. The van der Waals surface area contributed by atoms with E-state index in [1.807, 2.05) is 37.4 Å². The van der Waals surface area contributed by atoms with Gasteiger partial charge in [-0.15, -0.1) is 10.2 Å². The molecule has 0 amide bonds. The van der Waals surface area contributed by atoms with Crippen molar-refractivity contribution in [2.45, 2.75) is 6.10 Å². The average molecular weight is 414 g/mol. The summed E-state index contributed by atoms with van der Waals surface area (Å²) in [5, 5.41) is 29.1. The molecular weight excluding hydrogens is 397 g/mol. The van der Waals surface area contributed by atoms with Gasteiger partial charge in [0.05, 0.1) is 22.3 Å². The van der Waals surface area contributed by atoms with E-state index in [1.165, 1.54) is 0 Å². The first kappa shape index (κ1) is 18.7. The number of nitrogens with one attached hydrogen (secondary N) is 1. The monoisotopic (exact) mass is 413 g/mol. The maximum absolute atomic E-state index is 10.4. The smallest absolute Gasteiger partial charge is 0.156 e. The number of rotatable bonds is 5. The summed E-state index contributed by atoms with van der Waals surface area (Å²) in [4.78, 5) is 0. The summed E-state index contributed by atoms with van der Waals surface area (Å²) in [7, 11) is 1.81. The van der Waals surface area contributed by atoms with Crippen molar-refractivity contribution in [2.24, 2.45) is 7.05 Å². The second-order valence-corrected chi connectivity index (χ2v) is 7.23. The van der Waals surface area contributed by atoms with Crippen LogP contribution >= 0.6 is 23.2 Å². The van der Waals surface area contributed by atoms with Crippen molar-refractivity contribution in [3.63, 3.8) is 0 Å². The van der Waals surface area contributed by atoms with Gasteiger partial charge in [-0.3, -0.25) is 4.68 Å². The fraction of sp³-hybridized carbons (Fsp3) is 0.150. The highest BCUT2D eigenvalue weighted by Gasteiger charge is 2.14. The molecule has 0 radical (unpaired) electrons. The molecular formula is C20H17Cl2N5O. The fourth-order valence-corrected chi connectivity index (χ4v) is 3.31. The summed E-state index contributed by atoms with van der Waals surface area (Å²) >= 11 is 12.2. The van der Waals surface area contributed by atoms with Crippen LogP contribution < -0.4 is 5.32 Å². The third kappa shape index (κ3) is 3.67. The van der Waals surface area contributed by atoms with E-state index in [9.17, 15) is 5.11 Å². The molecule has 0 aliphatic rings. The van der Waals surface area contributed by atoms with Gasteiger partial charge in [-0.25, -0.2) is 0 Å². The van der Waals surface area contributed by atoms with Gasteiger partial charge in [0.1, 0.15) is 5.69 Å². The Morgan fingerprint density at radius 2 is 1.86 bits per heavy atom. The minimum Gasteiger partial charge on any atom is -0.386 e. The molecule has 2 N–H and O–H groups in total. The summed E-state index contributed by atoms with van der Waals surface area (Å²) in [6.45, 7) is 0.288. The topological polar surface area (TPSA) is 75.9 Å². The third-order valence-corrected chi connectivity index (χ3v) is 5.19. The Bertz CT molecular complexity index is 1140. The van der Waals surface area contributed by atoms with Crippen LogP contribution in [0.4, 0.5) is 5.82 Å². The Labute approximate surface area is 171 Å². The number of fused-ring (bicyclic) bond motifs is 1. The second kappa shape index (κ2) is 7.75. The van der Waals surface area contributed by atoms with E-state index in [0.717, 1.165) is 21.9 Å². The highest BCUT2D eigenvalue weighted by Crippen LogP contribution is 2.33. The van der Waals surface area contributed by atoms with Crippen LogP contribution in [0.2, 0.25) is 10.0 Å². The molecule has 4 rings (SSSR count). The molecule has 0 aliphatic carbocycles. The van der Waals surface area contributed by atoms with Crippen molar-refractivity contribution >= 4 is 39.8 Å². The number of aromatic nitrogens is 4. The van der Waals surface area contributed by atoms with Crippen molar-refractivity contribution in [3.05, 3.63) is 70.5 Å². The molecule has 1 atom stereocenters. The number of aliphatic hydroxyl groups is 1. The van der Waals surface area contributed by atoms with Gasteiger partial charge in [0.2, 0.25) is 0 Å². The van der Waals surface area contributed by atoms with Gasteiger partial charge >= 0.3 is 0 Å². The molecule has 0 aliphatic heterocycles. The number of aryl methyl sites for hydroxylation is 1. The van der Waals surface area contributed by atoms with Crippen LogP contribution in [0.1, 0.15) is 11.7 Å². The molecule has 2 aromatic heterocycles. The minimum absolute atomic E-state index is 0.288. The molecule has 142 valence electrons. The van der Waals surface area contributed by atoms with E-state index in [4.69, 9.17) is 23.2 Å². The van der Waals surface area contributed by atoms with E-state index in [2.05, 4.69) is 20.6 Å². The van der Waals surface area contributed by atoms with E-state index in [-0.39, 0.29) is 6.54 Å². The van der Waals surface area contributed by atoms with Crippen LogP contribution in [0.25, 0.3) is 22.0 Å². The summed E-state index contributed by atoms with van der Waals surface area (Å²) in [6, 6.07) is 13.2. The lowest BCUT2D eigenvalue weighted by Crippen LogP contribution is -2.13. The normalized spacial score (nSPS) is 12.3. The molecule has 0 saturated heterocycles. The first-order chi connectivity index (χ1) is 13.5. The molecule has 8 heteroatoms. The van der Waals surface area contributed by atoms with E-state index in [0.29, 0.717) is 21.6 Å². The number of halogens is 2. The first-order valence-corrected chi connectivity index (χ1v) is 9.40. The number of hydrogen-bond donors (Lipinski definition) is 2. The van der Waals surface area contributed by atoms with Gasteiger partial charge in [-0.2, -0.15) is 5.10 Å². The summed E-state index contributed by atoms with van der Waals surface area (Å²) < 4.78 is 1.65. The Hall–Kier alpha value is -2.67. The van der Waals surface area contributed by atoms with Gasteiger partial charge in [0, 0.05) is 41.7 Å². The van der Waals surface area contributed by atoms with E-state index < -0.39 is 6.10 Å². The predicted octanol–water partition coefficient (Wildman–Crippen LogP) is 4.48. The Morgan fingerprint density at radius 3 is 2.57 bits per heavy atom.